The van der Waals surface area contributed by atoms with Gasteiger partial charge in [0.25, 0.3) is 0 Å². The summed E-state index contributed by atoms with van der Waals surface area (Å²) in [5.41, 5.74) is 6.09. The van der Waals surface area contributed by atoms with Crippen molar-refractivity contribution in [3.8, 4) is 0 Å². The van der Waals surface area contributed by atoms with Crippen molar-refractivity contribution in [3.63, 3.8) is 0 Å². The van der Waals surface area contributed by atoms with Gasteiger partial charge in [0.15, 0.2) is 0 Å². The van der Waals surface area contributed by atoms with Gasteiger partial charge in [0.05, 0.1) is 16.6 Å². The predicted molar refractivity (Wildman–Crippen MR) is 84.0 cm³/mol. The first kappa shape index (κ1) is 15.4. The monoisotopic (exact) mass is 310 g/mol. The van der Waals surface area contributed by atoms with E-state index in [9.17, 15) is 0 Å². The lowest BCUT2D eigenvalue weighted by atomic mass is 10.00. The van der Waals surface area contributed by atoms with Crippen LogP contribution in [0.3, 0.4) is 0 Å². The molecule has 6 heteroatoms. The third-order valence-electron chi connectivity index (χ3n) is 3.24. The van der Waals surface area contributed by atoms with Gasteiger partial charge in [-0.2, -0.15) is 0 Å². The number of nitrogens with one attached hydrogen (secondary N) is 1. The second kappa shape index (κ2) is 6.63. The molecule has 1 unspecified atom stereocenters. The maximum Gasteiger partial charge on any atom is 0.0829 e. The lowest BCUT2D eigenvalue weighted by Crippen LogP contribution is -2.29. The van der Waals surface area contributed by atoms with Crippen molar-refractivity contribution >= 4 is 23.1 Å². The van der Waals surface area contributed by atoms with Gasteiger partial charge >= 0.3 is 0 Å². The van der Waals surface area contributed by atoms with Crippen LogP contribution >= 0.6 is 23.1 Å². The van der Waals surface area contributed by atoms with E-state index in [0.717, 1.165) is 33.1 Å². The summed E-state index contributed by atoms with van der Waals surface area (Å²) >= 11 is 7.69. The first-order valence-electron chi connectivity index (χ1n) is 6.56. The van der Waals surface area contributed by atoms with Crippen molar-refractivity contribution in [1.82, 2.24) is 15.0 Å². The summed E-state index contributed by atoms with van der Waals surface area (Å²) in [4.78, 5) is 1.08. The van der Waals surface area contributed by atoms with Gasteiger partial charge in [-0.15, -0.1) is 5.10 Å². The number of hydrazine groups is 1. The van der Waals surface area contributed by atoms with Crippen molar-refractivity contribution < 1.29 is 0 Å². The van der Waals surface area contributed by atoms with Crippen molar-refractivity contribution in [2.45, 2.75) is 39.2 Å². The highest BCUT2D eigenvalue weighted by Crippen LogP contribution is 2.30. The Morgan fingerprint density at radius 1 is 1.40 bits per heavy atom. The molecule has 2 aromatic rings. The van der Waals surface area contributed by atoms with E-state index in [0.29, 0.717) is 5.92 Å². The summed E-state index contributed by atoms with van der Waals surface area (Å²) < 4.78 is 4.05. The molecule has 4 nitrogen and oxygen atoms in total. The van der Waals surface area contributed by atoms with Gasteiger partial charge in [-0.3, -0.25) is 11.3 Å². The molecule has 0 amide bonds. The van der Waals surface area contributed by atoms with Crippen LogP contribution in [0.4, 0.5) is 0 Å². The predicted octanol–water partition coefficient (Wildman–Crippen LogP) is 3.37. The minimum atomic E-state index is -0.0207. The Morgan fingerprint density at radius 3 is 2.75 bits per heavy atom. The molecule has 20 heavy (non-hydrogen) atoms. The zero-order valence-electron chi connectivity index (χ0n) is 11.9. The van der Waals surface area contributed by atoms with E-state index in [2.05, 4.69) is 34.9 Å². The molecule has 0 bridgehead atoms. The molecule has 2 rings (SSSR count). The Morgan fingerprint density at radius 2 is 2.15 bits per heavy atom. The quantitative estimate of drug-likeness (QED) is 0.656. The lowest BCUT2D eigenvalue weighted by molar-refractivity contribution is 0.551. The van der Waals surface area contributed by atoms with Crippen LogP contribution in [0, 0.1) is 6.92 Å². The van der Waals surface area contributed by atoms with Crippen LogP contribution in [-0.4, -0.2) is 9.59 Å². The number of aryl methyl sites for hydroxylation is 1. The standard InChI is InChI=1S/C14H19ClN4S/c1-8(2)13-14(20-19-18-13)12(17-16)7-10-5-4-9(3)6-11(10)15/h4-6,8,12,17H,7,16H2,1-3H3. The van der Waals surface area contributed by atoms with Crippen LogP contribution < -0.4 is 11.3 Å². The number of rotatable bonds is 5. The van der Waals surface area contributed by atoms with Gasteiger partial charge in [-0.25, -0.2) is 0 Å². The Kier molecular flexibility index (Phi) is 5.10. The molecular weight excluding hydrogens is 292 g/mol. The molecule has 0 saturated heterocycles. The SMILES string of the molecule is Cc1ccc(CC(NN)c2snnc2C(C)C)c(Cl)c1. The van der Waals surface area contributed by atoms with E-state index in [-0.39, 0.29) is 6.04 Å². The molecule has 3 N–H and O–H groups in total. The van der Waals surface area contributed by atoms with Gasteiger partial charge in [-0.1, -0.05) is 42.1 Å². The fourth-order valence-electron chi connectivity index (χ4n) is 2.11. The number of hydrogen-bond donors (Lipinski definition) is 2. The molecule has 1 aromatic heterocycles. The van der Waals surface area contributed by atoms with Gasteiger partial charge in [-0.05, 0) is 48.0 Å². The zero-order valence-corrected chi connectivity index (χ0v) is 13.4. The van der Waals surface area contributed by atoms with E-state index in [1.165, 1.54) is 11.5 Å². The van der Waals surface area contributed by atoms with Crippen LogP contribution in [0.1, 0.15) is 47.5 Å². The van der Waals surface area contributed by atoms with Crippen molar-refractivity contribution in [1.29, 1.82) is 0 Å². The molecule has 0 radical (unpaired) electrons. The van der Waals surface area contributed by atoms with E-state index in [1.807, 2.05) is 19.1 Å². The van der Waals surface area contributed by atoms with E-state index in [4.69, 9.17) is 17.4 Å². The number of nitrogens with zero attached hydrogens (tertiary/aromatic N) is 2. The molecule has 0 aliphatic rings. The first-order valence-corrected chi connectivity index (χ1v) is 7.71. The van der Waals surface area contributed by atoms with E-state index >= 15 is 0 Å². The number of hydrogen-bond acceptors (Lipinski definition) is 5. The van der Waals surface area contributed by atoms with Gasteiger partial charge in [0, 0.05) is 5.02 Å². The maximum atomic E-state index is 6.30. The highest BCUT2D eigenvalue weighted by Gasteiger charge is 2.21. The summed E-state index contributed by atoms with van der Waals surface area (Å²) in [6.45, 7) is 6.23. The molecule has 0 fully saturated rings. The molecule has 1 heterocycles. The number of benzene rings is 1. The molecule has 0 spiro atoms. The average molecular weight is 311 g/mol. The summed E-state index contributed by atoms with van der Waals surface area (Å²) in [6, 6.07) is 6.06. The normalized spacial score (nSPS) is 12.9. The molecule has 0 aliphatic carbocycles. The molecule has 0 aliphatic heterocycles. The topological polar surface area (TPSA) is 63.8 Å². The maximum absolute atomic E-state index is 6.30. The number of nitrogens with two attached hydrogens (primary N) is 1. The Labute approximate surface area is 128 Å². The summed E-state index contributed by atoms with van der Waals surface area (Å²) in [7, 11) is 0. The summed E-state index contributed by atoms with van der Waals surface area (Å²) in [6.07, 6.45) is 0.721. The third-order valence-corrected chi connectivity index (χ3v) is 4.44. The minimum absolute atomic E-state index is 0.0207. The Balaban J connectivity index is 2.26. The summed E-state index contributed by atoms with van der Waals surface area (Å²) in [5, 5.41) is 4.97. The molecule has 0 saturated carbocycles. The highest BCUT2D eigenvalue weighted by molar-refractivity contribution is 7.05. The highest BCUT2D eigenvalue weighted by atomic mass is 35.5. The molecule has 1 atom stereocenters. The largest absolute Gasteiger partial charge is 0.271 e. The fourth-order valence-corrected chi connectivity index (χ4v) is 3.29. The smallest absolute Gasteiger partial charge is 0.0829 e. The zero-order chi connectivity index (χ0) is 14.7. The second-order valence-corrected chi connectivity index (χ2v) is 6.39. The first-order chi connectivity index (χ1) is 9.52. The Hall–Kier alpha value is -1.01. The van der Waals surface area contributed by atoms with Crippen LogP contribution in [0.15, 0.2) is 18.2 Å². The van der Waals surface area contributed by atoms with E-state index in [1.54, 1.807) is 0 Å². The number of halogens is 1. The molecular formula is C14H19ClN4S. The Bertz CT molecular complexity index is 582. The summed E-state index contributed by atoms with van der Waals surface area (Å²) in [5.74, 6) is 6.05. The van der Waals surface area contributed by atoms with Crippen LogP contribution in [0.5, 0.6) is 0 Å². The van der Waals surface area contributed by atoms with Crippen LogP contribution in [0.25, 0.3) is 0 Å². The second-order valence-electron chi connectivity index (χ2n) is 5.20. The van der Waals surface area contributed by atoms with Crippen molar-refractivity contribution in [2.75, 3.05) is 0 Å². The van der Waals surface area contributed by atoms with Crippen molar-refractivity contribution in [2.24, 2.45) is 5.84 Å². The third kappa shape index (κ3) is 3.35. The molecule has 1 aromatic carbocycles. The van der Waals surface area contributed by atoms with Crippen LogP contribution in [0.2, 0.25) is 5.02 Å². The van der Waals surface area contributed by atoms with E-state index < -0.39 is 0 Å². The van der Waals surface area contributed by atoms with Gasteiger partial charge in [0.2, 0.25) is 0 Å². The van der Waals surface area contributed by atoms with Gasteiger partial charge < -0.3 is 0 Å². The van der Waals surface area contributed by atoms with Crippen LogP contribution in [-0.2, 0) is 6.42 Å². The minimum Gasteiger partial charge on any atom is -0.271 e. The molecule has 108 valence electrons. The lowest BCUT2D eigenvalue weighted by Gasteiger charge is -2.17. The number of aromatic nitrogens is 2. The fraction of sp³-hybridized carbons (Fsp3) is 0.429. The van der Waals surface area contributed by atoms with Crippen molar-refractivity contribution in [3.05, 3.63) is 44.9 Å². The average Bonchev–Trinajstić information content (AvgIpc) is 2.87. The van der Waals surface area contributed by atoms with Gasteiger partial charge in [0.1, 0.15) is 0 Å².